The molecule has 20 heavy (non-hydrogen) atoms. The van der Waals surface area contributed by atoms with Crippen molar-refractivity contribution in [1.82, 2.24) is 0 Å². The molecule has 5 nitrogen and oxygen atoms in total. The van der Waals surface area contributed by atoms with Crippen molar-refractivity contribution in [3.63, 3.8) is 0 Å². The summed E-state index contributed by atoms with van der Waals surface area (Å²) in [4.78, 5) is 0. The number of fused-ring (bicyclic) bond motifs is 1. The molecule has 0 fully saturated rings. The van der Waals surface area contributed by atoms with Gasteiger partial charge in [-0.15, -0.1) is 0 Å². The highest BCUT2D eigenvalue weighted by Crippen LogP contribution is 2.44. The summed E-state index contributed by atoms with van der Waals surface area (Å²) in [7, 11) is 6.93. The van der Waals surface area contributed by atoms with E-state index in [0.717, 1.165) is 39.2 Å². The fraction of sp³-hybridized carbons (Fsp3) is 0.400. The molecule has 0 aliphatic carbocycles. The monoisotopic (exact) mass is 277 g/mol. The summed E-state index contributed by atoms with van der Waals surface area (Å²) >= 11 is 0. The fourth-order valence-electron chi connectivity index (χ4n) is 2.73. The van der Waals surface area contributed by atoms with Crippen LogP contribution in [-0.4, -0.2) is 26.4 Å². The second kappa shape index (κ2) is 5.07. The normalized spacial score (nSPS) is 10.7. The summed E-state index contributed by atoms with van der Waals surface area (Å²) in [6.07, 6.45) is 0. The number of methoxy groups -OCH3 is 2. The standard InChI is InChI=1S/C15H20N2O3/c1-8-7-10(18)17(4)13-11(8)15(20-6)12(16-3)9(2)14(13)19-5/h7,16H,1-6H3/p+1. The van der Waals surface area contributed by atoms with E-state index >= 15 is 0 Å². The number of pyridine rings is 1. The molecule has 0 aliphatic heterocycles. The van der Waals surface area contributed by atoms with E-state index in [2.05, 4.69) is 5.32 Å². The Hall–Kier alpha value is -2.17. The molecule has 1 heterocycles. The molecular weight excluding hydrogens is 256 g/mol. The Labute approximate surface area is 118 Å². The number of nitrogens with one attached hydrogen (secondary N) is 1. The number of hydrogen-bond acceptors (Lipinski definition) is 4. The summed E-state index contributed by atoms with van der Waals surface area (Å²) in [5.41, 5.74) is 3.59. The lowest BCUT2D eigenvalue weighted by molar-refractivity contribution is -0.652. The predicted octanol–water partition coefficient (Wildman–Crippen LogP) is 2.05. The molecule has 0 spiro atoms. The number of ether oxygens (including phenoxy) is 2. The van der Waals surface area contributed by atoms with Crippen LogP contribution in [0.1, 0.15) is 11.1 Å². The van der Waals surface area contributed by atoms with Crippen LogP contribution in [0.4, 0.5) is 5.69 Å². The highest BCUT2D eigenvalue weighted by Gasteiger charge is 2.27. The van der Waals surface area contributed by atoms with Gasteiger partial charge in [-0.1, -0.05) is 0 Å². The Morgan fingerprint density at radius 1 is 1.15 bits per heavy atom. The van der Waals surface area contributed by atoms with E-state index in [4.69, 9.17) is 9.47 Å². The molecule has 1 aromatic carbocycles. The lowest BCUT2D eigenvalue weighted by Gasteiger charge is -2.18. The topological polar surface area (TPSA) is 54.6 Å². The number of nitrogens with zero attached hydrogens (tertiary/aromatic N) is 1. The Bertz CT molecular complexity index is 681. The number of benzene rings is 1. The van der Waals surface area contributed by atoms with E-state index < -0.39 is 0 Å². The predicted molar refractivity (Wildman–Crippen MR) is 78.9 cm³/mol. The molecule has 0 radical (unpaired) electrons. The largest absolute Gasteiger partial charge is 0.494 e. The Kier molecular flexibility index (Phi) is 3.61. The van der Waals surface area contributed by atoms with Crippen molar-refractivity contribution >= 4 is 16.6 Å². The fourth-order valence-corrected chi connectivity index (χ4v) is 2.73. The van der Waals surface area contributed by atoms with Crippen molar-refractivity contribution in [3.05, 3.63) is 17.2 Å². The Morgan fingerprint density at radius 2 is 1.75 bits per heavy atom. The van der Waals surface area contributed by atoms with Crippen LogP contribution >= 0.6 is 0 Å². The van der Waals surface area contributed by atoms with Gasteiger partial charge in [0, 0.05) is 12.6 Å². The average molecular weight is 277 g/mol. The van der Waals surface area contributed by atoms with Crippen molar-refractivity contribution in [2.45, 2.75) is 13.8 Å². The van der Waals surface area contributed by atoms with Gasteiger partial charge < -0.3 is 19.9 Å². The third-order valence-corrected chi connectivity index (χ3v) is 3.70. The van der Waals surface area contributed by atoms with Crippen molar-refractivity contribution in [2.24, 2.45) is 7.05 Å². The SMILES string of the molecule is CNc1c(C)c(OC)c2c(c(C)cc(O)[n+]2C)c1OC. The summed E-state index contributed by atoms with van der Waals surface area (Å²) in [6.45, 7) is 3.91. The second-order valence-electron chi connectivity index (χ2n) is 4.78. The van der Waals surface area contributed by atoms with E-state index in [1.54, 1.807) is 31.9 Å². The zero-order chi connectivity index (χ0) is 15.0. The minimum atomic E-state index is 0.187. The molecule has 0 saturated carbocycles. The maximum Gasteiger partial charge on any atom is 0.365 e. The van der Waals surface area contributed by atoms with Gasteiger partial charge >= 0.3 is 5.88 Å². The van der Waals surface area contributed by atoms with Crippen molar-refractivity contribution in [3.8, 4) is 17.4 Å². The van der Waals surface area contributed by atoms with E-state index in [1.807, 2.05) is 20.9 Å². The summed E-state index contributed by atoms with van der Waals surface area (Å²) in [5, 5.41) is 14.1. The van der Waals surface area contributed by atoms with Crippen molar-refractivity contribution in [2.75, 3.05) is 26.6 Å². The summed E-state index contributed by atoms with van der Waals surface area (Å²) < 4.78 is 12.9. The number of aryl methyl sites for hydroxylation is 2. The molecule has 1 aromatic heterocycles. The first-order valence-electron chi connectivity index (χ1n) is 6.42. The highest BCUT2D eigenvalue weighted by molar-refractivity contribution is 5.98. The molecule has 2 N–H and O–H groups in total. The van der Waals surface area contributed by atoms with Gasteiger partial charge in [0.15, 0.2) is 11.5 Å². The molecule has 0 saturated heterocycles. The van der Waals surface area contributed by atoms with Gasteiger partial charge in [-0.05, 0) is 19.4 Å². The van der Waals surface area contributed by atoms with Crippen LogP contribution < -0.4 is 19.4 Å². The van der Waals surface area contributed by atoms with Gasteiger partial charge in [0.05, 0.1) is 31.4 Å². The van der Waals surface area contributed by atoms with Crippen LogP contribution in [0.15, 0.2) is 6.07 Å². The van der Waals surface area contributed by atoms with Crippen LogP contribution in [0.3, 0.4) is 0 Å². The Morgan fingerprint density at radius 3 is 2.25 bits per heavy atom. The van der Waals surface area contributed by atoms with Crippen LogP contribution in [0, 0.1) is 13.8 Å². The van der Waals surface area contributed by atoms with E-state index in [-0.39, 0.29) is 5.88 Å². The van der Waals surface area contributed by atoms with E-state index in [9.17, 15) is 5.11 Å². The second-order valence-corrected chi connectivity index (χ2v) is 4.78. The minimum Gasteiger partial charge on any atom is -0.494 e. The first-order valence-corrected chi connectivity index (χ1v) is 6.42. The van der Waals surface area contributed by atoms with Gasteiger partial charge in [-0.25, -0.2) is 0 Å². The van der Waals surface area contributed by atoms with Crippen LogP contribution in [0.2, 0.25) is 0 Å². The first kappa shape index (κ1) is 14.2. The van der Waals surface area contributed by atoms with Gasteiger partial charge in [0.25, 0.3) is 5.52 Å². The lowest BCUT2D eigenvalue weighted by atomic mass is 10.0. The smallest absolute Gasteiger partial charge is 0.365 e. The molecular formula is C15H21N2O3+. The number of anilines is 1. The number of rotatable bonds is 3. The minimum absolute atomic E-state index is 0.187. The first-order chi connectivity index (χ1) is 9.47. The van der Waals surface area contributed by atoms with Crippen LogP contribution in [-0.2, 0) is 7.05 Å². The highest BCUT2D eigenvalue weighted by atomic mass is 16.5. The van der Waals surface area contributed by atoms with Gasteiger partial charge in [0.1, 0.15) is 7.05 Å². The van der Waals surface area contributed by atoms with Gasteiger partial charge in [0.2, 0.25) is 0 Å². The maximum atomic E-state index is 10.1. The van der Waals surface area contributed by atoms with Crippen LogP contribution in [0.5, 0.6) is 17.4 Å². The molecule has 5 heteroatoms. The van der Waals surface area contributed by atoms with Gasteiger partial charge in [-0.3, -0.25) is 0 Å². The molecule has 108 valence electrons. The van der Waals surface area contributed by atoms with E-state index in [1.165, 1.54) is 0 Å². The number of aromatic nitrogens is 1. The molecule has 0 bridgehead atoms. The molecule has 2 rings (SSSR count). The van der Waals surface area contributed by atoms with Crippen molar-refractivity contribution < 1.29 is 19.1 Å². The number of hydrogen-bond donors (Lipinski definition) is 2. The summed E-state index contributed by atoms with van der Waals surface area (Å²) in [5.74, 6) is 1.67. The summed E-state index contributed by atoms with van der Waals surface area (Å²) in [6, 6.07) is 1.72. The van der Waals surface area contributed by atoms with Crippen molar-refractivity contribution in [1.29, 1.82) is 0 Å². The lowest BCUT2D eigenvalue weighted by Crippen LogP contribution is -2.30. The zero-order valence-electron chi connectivity index (χ0n) is 12.8. The zero-order valence-corrected chi connectivity index (χ0v) is 12.8. The Balaban J connectivity index is 3.14. The quantitative estimate of drug-likeness (QED) is 0.843. The van der Waals surface area contributed by atoms with E-state index in [0.29, 0.717) is 0 Å². The molecule has 2 aromatic rings. The number of aromatic hydroxyl groups is 1. The maximum absolute atomic E-state index is 10.1. The van der Waals surface area contributed by atoms with Gasteiger partial charge in [-0.2, -0.15) is 4.57 Å². The average Bonchev–Trinajstić information content (AvgIpc) is 2.43. The molecule has 0 atom stereocenters. The molecule has 0 amide bonds. The third-order valence-electron chi connectivity index (χ3n) is 3.70. The molecule has 0 unspecified atom stereocenters. The third kappa shape index (κ3) is 1.81. The van der Waals surface area contributed by atoms with Crippen LogP contribution in [0.25, 0.3) is 10.9 Å². The molecule has 0 aliphatic rings.